The minimum Gasteiger partial charge on any atom is -0.487 e. The Morgan fingerprint density at radius 2 is 1.84 bits per heavy atom. The summed E-state index contributed by atoms with van der Waals surface area (Å²) in [7, 11) is 3.53. The van der Waals surface area contributed by atoms with Gasteiger partial charge in [0.15, 0.2) is 5.96 Å². The first kappa shape index (κ1) is 22.2. The van der Waals surface area contributed by atoms with Crippen molar-refractivity contribution in [3.63, 3.8) is 0 Å². The summed E-state index contributed by atoms with van der Waals surface area (Å²) in [5.74, 6) is 1.81. The molecule has 4 rings (SSSR count). The molecule has 1 heterocycles. The molecule has 1 amide bonds. The van der Waals surface area contributed by atoms with Crippen molar-refractivity contribution in [2.45, 2.75) is 57.2 Å². The van der Waals surface area contributed by atoms with Crippen molar-refractivity contribution in [1.82, 2.24) is 15.5 Å². The predicted octanol–water partition coefficient (Wildman–Crippen LogP) is 4.28. The second-order valence-electron chi connectivity index (χ2n) is 9.02. The number of nitrogens with zero attached hydrogens (tertiary/aromatic N) is 2. The predicted molar refractivity (Wildman–Crippen MR) is 128 cm³/mol. The van der Waals surface area contributed by atoms with E-state index in [1.165, 1.54) is 18.4 Å². The molecule has 1 aliphatic heterocycles. The van der Waals surface area contributed by atoms with Gasteiger partial charge in [0.25, 0.3) is 5.91 Å². The third-order valence-corrected chi connectivity index (χ3v) is 6.39. The van der Waals surface area contributed by atoms with Crippen molar-refractivity contribution < 1.29 is 9.53 Å². The van der Waals surface area contributed by atoms with Crippen LogP contribution in [-0.4, -0.2) is 43.0 Å². The van der Waals surface area contributed by atoms with Gasteiger partial charge >= 0.3 is 0 Å². The van der Waals surface area contributed by atoms with E-state index in [-0.39, 0.29) is 17.6 Å². The van der Waals surface area contributed by atoms with Crippen molar-refractivity contribution in [2.24, 2.45) is 4.99 Å². The largest absolute Gasteiger partial charge is 0.487 e. The number of aliphatic imine (C=N–C) groups is 1. The number of para-hydroxylation sites is 1. The summed E-state index contributed by atoms with van der Waals surface area (Å²) < 4.78 is 6.50. The average Bonchev–Trinajstić information content (AvgIpc) is 3.24. The molecule has 2 aromatic carbocycles. The average molecular weight is 435 g/mol. The van der Waals surface area contributed by atoms with Gasteiger partial charge in [-0.3, -0.25) is 4.79 Å². The lowest BCUT2D eigenvalue weighted by molar-refractivity contribution is 0.0396. The molecule has 6 heteroatoms. The Morgan fingerprint density at radius 3 is 2.53 bits per heavy atom. The lowest BCUT2D eigenvalue weighted by Crippen LogP contribution is -2.46. The highest BCUT2D eigenvalue weighted by Gasteiger charge is 2.43. The minimum atomic E-state index is -0.0574. The highest BCUT2D eigenvalue weighted by molar-refractivity contribution is 5.93. The Labute approximate surface area is 191 Å². The van der Waals surface area contributed by atoms with E-state index in [2.05, 4.69) is 35.8 Å². The van der Waals surface area contributed by atoms with Crippen LogP contribution in [-0.2, 0) is 6.54 Å². The van der Waals surface area contributed by atoms with Crippen LogP contribution < -0.4 is 15.4 Å². The number of hydrogen-bond donors (Lipinski definition) is 2. The summed E-state index contributed by atoms with van der Waals surface area (Å²) in [6, 6.07) is 16.2. The van der Waals surface area contributed by atoms with Gasteiger partial charge in [-0.2, -0.15) is 0 Å². The normalized spacial score (nSPS) is 19.2. The van der Waals surface area contributed by atoms with Crippen LogP contribution in [0.1, 0.15) is 66.6 Å². The lowest BCUT2D eigenvalue weighted by atomic mass is 9.86. The van der Waals surface area contributed by atoms with Crippen LogP contribution in [0.3, 0.4) is 0 Å². The van der Waals surface area contributed by atoms with Crippen LogP contribution in [0.25, 0.3) is 0 Å². The molecule has 170 valence electrons. The van der Waals surface area contributed by atoms with Crippen molar-refractivity contribution in [2.75, 3.05) is 20.6 Å². The number of nitrogens with one attached hydrogen (secondary N) is 2. The zero-order valence-corrected chi connectivity index (χ0v) is 19.4. The molecule has 0 saturated heterocycles. The molecule has 32 heavy (non-hydrogen) atoms. The molecular formula is C26H34N4O2. The Hall–Kier alpha value is -3.02. The number of carbonyl (C=O) groups is 1. The number of fused-ring (bicyclic) bond motifs is 1. The topological polar surface area (TPSA) is 66.0 Å². The first-order valence-electron chi connectivity index (χ1n) is 11.6. The summed E-state index contributed by atoms with van der Waals surface area (Å²) >= 11 is 0. The van der Waals surface area contributed by atoms with Gasteiger partial charge in [0, 0.05) is 38.2 Å². The molecule has 0 bridgehead atoms. The van der Waals surface area contributed by atoms with Crippen molar-refractivity contribution in [3.8, 4) is 5.75 Å². The Morgan fingerprint density at radius 1 is 1.12 bits per heavy atom. The maximum atomic E-state index is 12.1. The van der Waals surface area contributed by atoms with Gasteiger partial charge in [-0.05, 0) is 56.4 Å². The van der Waals surface area contributed by atoms with Gasteiger partial charge in [0.05, 0.1) is 12.6 Å². The molecule has 1 aliphatic carbocycles. The number of benzene rings is 2. The fourth-order valence-electron chi connectivity index (χ4n) is 4.74. The highest BCUT2D eigenvalue weighted by Crippen LogP contribution is 2.46. The molecule has 1 unspecified atom stereocenters. The molecule has 6 nitrogen and oxygen atoms in total. The molecular weight excluding hydrogens is 400 g/mol. The number of ether oxygens (including phenoxy) is 1. The first-order chi connectivity index (χ1) is 15.5. The van der Waals surface area contributed by atoms with Crippen LogP contribution in [0.4, 0.5) is 0 Å². The minimum absolute atomic E-state index is 0.00841. The fourth-order valence-corrected chi connectivity index (χ4v) is 4.74. The van der Waals surface area contributed by atoms with Crippen LogP contribution in [0.2, 0.25) is 0 Å². The lowest BCUT2D eigenvalue weighted by Gasteiger charge is -2.40. The summed E-state index contributed by atoms with van der Waals surface area (Å²) in [6.45, 7) is 3.41. The molecule has 2 aliphatic rings. The zero-order valence-electron chi connectivity index (χ0n) is 19.4. The second kappa shape index (κ2) is 9.63. The monoisotopic (exact) mass is 434 g/mol. The van der Waals surface area contributed by atoms with Crippen LogP contribution in [0.5, 0.6) is 5.75 Å². The van der Waals surface area contributed by atoms with Gasteiger partial charge in [-0.15, -0.1) is 0 Å². The van der Waals surface area contributed by atoms with E-state index in [0.717, 1.165) is 43.1 Å². The summed E-state index contributed by atoms with van der Waals surface area (Å²) in [5, 5.41) is 7.07. The Balaban J connectivity index is 1.50. The zero-order chi connectivity index (χ0) is 22.6. The Bertz CT molecular complexity index is 962. The maximum absolute atomic E-state index is 12.1. The summed E-state index contributed by atoms with van der Waals surface area (Å²) in [4.78, 5) is 18.5. The van der Waals surface area contributed by atoms with Gasteiger partial charge < -0.3 is 20.3 Å². The number of carbonyl (C=O) groups excluding carboxylic acids is 1. The van der Waals surface area contributed by atoms with Crippen LogP contribution in [0, 0.1) is 0 Å². The molecule has 1 saturated carbocycles. The number of hydrogen-bond acceptors (Lipinski definition) is 3. The molecule has 0 aromatic heterocycles. The Kier molecular flexibility index (Phi) is 6.68. The summed E-state index contributed by atoms with van der Waals surface area (Å²) in [5.41, 5.74) is 2.89. The van der Waals surface area contributed by atoms with Gasteiger partial charge in [-0.25, -0.2) is 4.99 Å². The van der Waals surface area contributed by atoms with Gasteiger partial charge in [0.1, 0.15) is 11.4 Å². The van der Waals surface area contributed by atoms with Crippen molar-refractivity contribution in [1.29, 1.82) is 0 Å². The van der Waals surface area contributed by atoms with E-state index >= 15 is 0 Å². The molecule has 1 fully saturated rings. The third-order valence-electron chi connectivity index (χ3n) is 6.39. The third kappa shape index (κ3) is 4.90. The van der Waals surface area contributed by atoms with E-state index in [0.29, 0.717) is 12.1 Å². The second-order valence-corrected chi connectivity index (χ2v) is 9.02. The standard InChI is InChI=1S/C26H34N4O2/c1-4-27-25(28-18-19-11-13-20(14-12-19)24(31)30(2)3)29-22-17-26(15-7-8-16-26)32-23-10-6-5-9-21(22)23/h5-6,9-14,22H,4,7-8,15-18H2,1-3H3,(H2,27,28,29). The van der Waals surface area contributed by atoms with E-state index in [9.17, 15) is 4.79 Å². The number of amides is 1. The van der Waals surface area contributed by atoms with Crippen LogP contribution >= 0.6 is 0 Å². The molecule has 1 spiro atoms. The molecule has 2 aromatic rings. The number of rotatable bonds is 5. The van der Waals surface area contributed by atoms with Gasteiger partial charge in [-0.1, -0.05) is 30.3 Å². The van der Waals surface area contributed by atoms with Crippen molar-refractivity contribution in [3.05, 3.63) is 65.2 Å². The molecule has 2 N–H and O–H groups in total. The van der Waals surface area contributed by atoms with E-state index in [1.54, 1.807) is 19.0 Å². The SMILES string of the molecule is CCNC(=NCc1ccc(C(=O)N(C)C)cc1)NC1CC2(CCCC2)Oc2ccccc21. The quantitative estimate of drug-likeness (QED) is 0.545. The van der Waals surface area contributed by atoms with E-state index in [1.807, 2.05) is 30.3 Å². The number of guanidine groups is 1. The van der Waals surface area contributed by atoms with Crippen LogP contribution in [0.15, 0.2) is 53.5 Å². The molecule has 1 atom stereocenters. The molecule has 0 radical (unpaired) electrons. The van der Waals surface area contributed by atoms with E-state index < -0.39 is 0 Å². The highest BCUT2D eigenvalue weighted by atomic mass is 16.5. The fraction of sp³-hybridized carbons (Fsp3) is 0.462. The smallest absolute Gasteiger partial charge is 0.253 e. The van der Waals surface area contributed by atoms with Gasteiger partial charge in [0.2, 0.25) is 0 Å². The maximum Gasteiger partial charge on any atom is 0.253 e. The first-order valence-corrected chi connectivity index (χ1v) is 11.6. The van der Waals surface area contributed by atoms with E-state index in [4.69, 9.17) is 9.73 Å². The van der Waals surface area contributed by atoms with Crippen molar-refractivity contribution >= 4 is 11.9 Å². The summed E-state index contributed by atoms with van der Waals surface area (Å²) in [6.07, 6.45) is 5.65.